The number of fused-ring (bicyclic) bond motifs is 1. The fourth-order valence-corrected chi connectivity index (χ4v) is 3.44. The van der Waals surface area contributed by atoms with Gasteiger partial charge in [0, 0.05) is 12.8 Å². The van der Waals surface area contributed by atoms with Gasteiger partial charge in [0.2, 0.25) is 0 Å². The highest BCUT2D eigenvalue weighted by atomic mass is 16.7. The number of hydrogen-bond donors (Lipinski definition) is 0. The monoisotopic (exact) mass is 182 g/mol. The summed E-state index contributed by atoms with van der Waals surface area (Å²) in [5.41, 5.74) is 0. The second-order valence-corrected chi connectivity index (χ2v) is 4.82. The molecule has 3 fully saturated rings. The van der Waals surface area contributed by atoms with Gasteiger partial charge in [0.05, 0.1) is 13.2 Å². The topological polar surface area (TPSA) is 18.5 Å². The van der Waals surface area contributed by atoms with E-state index in [-0.39, 0.29) is 5.79 Å². The van der Waals surface area contributed by atoms with Crippen LogP contribution < -0.4 is 0 Å². The maximum Gasteiger partial charge on any atom is 0.169 e. The summed E-state index contributed by atoms with van der Waals surface area (Å²) in [5.74, 6) is 1.69. The average Bonchev–Trinajstić information content (AvgIpc) is 2.72. The molecule has 0 aromatic heterocycles. The van der Waals surface area contributed by atoms with E-state index in [9.17, 15) is 0 Å². The van der Waals surface area contributed by atoms with Gasteiger partial charge in [-0.25, -0.2) is 0 Å². The molecule has 1 aliphatic heterocycles. The van der Waals surface area contributed by atoms with Gasteiger partial charge in [-0.2, -0.15) is 0 Å². The summed E-state index contributed by atoms with van der Waals surface area (Å²) in [6.45, 7) is 1.64. The molecule has 2 aliphatic carbocycles. The fraction of sp³-hybridized carbons (Fsp3) is 1.00. The Bertz CT molecular complexity index is 180. The molecule has 0 N–H and O–H groups in total. The summed E-state index contributed by atoms with van der Waals surface area (Å²) in [6.07, 6.45) is 8.04. The predicted molar refractivity (Wildman–Crippen MR) is 49.3 cm³/mol. The van der Waals surface area contributed by atoms with Crippen LogP contribution in [0.5, 0.6) is 0 Å². The van der Waals surface area contributed by atoms with Gasteiger partial charge in [-0.05, 0) is 24.7 Å². The molecule has 0 unspecified atom stereocenters. The van der Waals surface area contributed by atoms with Crippen LogP contribution in [-0.2, 0) is 9.47 Å². The quantitative estimate of drug-likeness (QED) is 0.572. The molecule has 3 rings (SSSR count). The van der Waals surface area contributed by atoms with Crippen molar-refractivity contribution in [2.45, 2.75) is 44.3 Å². The van der Waals surface area contributed by atoms with Crippen molar-refractivity contribution >= 4 is 0 Å². The normalized spacial score (nSPS) is 42.5. The van der Waals surface area contributed by atoms with Crippen molar-refractivity contribution < 1.29 is 9.47 Å². The van der Waals surface area contributed by atoms with Gasteiger partial charge >= 0.3 is 0 Å². The molecular formula is C11H18O2. The number of ether oxygens (including phenoxy) is 2. The Morgan fingerprint density at radius 2 is 1.38 bits per heavy atom. The van der Waals surface area contributed by atoms with Crippen molar-refractivity contribution in [3.63, 3.8) is 0 Å². The third kappa shape index (κ3) is 1.31. The first-order valence-electron chi connectivity index (χ1n) is 5.66. The summed E-state index contributed by atoms with van der Waals surface area (Å²) < 4.78 is 11.5. The van der Waals surface area contributed by atoms with Crippen LogP contribution in [0.15, 0.2) is 0 Å². The zero-order chi connectivity index (χ0) is 8.73. The first-order valence-corrected chi connectivity index (χ1v) is 5.66. The lowest BCUT2D eigenvalue weighted by atomic mass is 9.82. The van der Waals surface area contributed by atoms with E-state index in [1.54, 1.807) is 0 Å². The van der Waals surface area contributed by atoms with E-state index in [4.69, 9.17) is 9.47 Å². The summed E-state index contributed by atoms with van der Waals surface area (Å²) in [6, 6.07) is 0. The maximum atomic E-state index is 5.77. The summed E-state index contributed by atoms with van der Waals surface area (Å²) in [5, 5.41) is 0. The lowest BCUT2D eigenvalue weighted by molar-refractivity contribution is -0.154. The predicted octanol–water partition coefficient (Wildman–Crippen LogP) is 2.33. The highest BCUT2D eigenvalue weighted by Crippen LogP contribution is 2.50. The van der Waals surface area contributed by atoms with Crippen LogP contribution in [-0.4, -0.2) is 19.0 Å². The van der Waals surface area contributed by atoms with Crippen molar-refractivity contribution in [3.05, 3.63) is 0 Å². The Labute approximate surface area is 79.6 Å². The minimum Gasteiger partial charge on any atom is -0.348 e. The van der Waals surface area contributed by atoms with E-state index >= 15 is 0 Å². The molecular weight excluding hydrogens is 164 g/mol. The molecule has 3 aliphatic rings. The maximum absolute atomic E-state index is 5.77. The van der Waals surface area contributed by atoms with Crippen LogP contribution in [0, 0.1) is 11.8 Å². The Morgan fingerprint density at radius 3 is 1.92 bits per heavy atom. The molecule has 1 spiro atoms. The molecule has 13 heavy (non-hydrogen) atoms. The third-order valence-corrected chi connectivity index (χ3v) is 4.03. The van der Waals surface area contributed by atoms with E-state index < -0.39 is 0 Å². The number of rotatable bonds is 0. The lowest BCUT2D eigenvalue weighted by Gasteiger charge is -2.23. The molecule has 0 bridgehead atoms. The SMILES string of the molecule is C1CC[C@H]2CC3(C[C@H]2C1)OCCO3. The van der Waals surface area contributed by atoms with Gasteiger partial charge in [-0.15, -0.1) is 0 Å². The smallest absolute Gasteiger partial charge is 0.169 e. The highest BCUT2D eigenvalue weighted by molar-refractivity contribution is 4.93. The van der Waals surface area contributed by atoms with Gasteiger partial charge in [0.25, 0.3) is 0 Å². The third-order valence-electron chi connectivity index (χ3n) is 4.03. The molecule has 0 aromatic rings. The van der Waals surface area contributed by atoms with Gasteiger partial charge in [-0.3, -0.25) is 0 Å². The van der Waals surface area contributed by atoms with Crippen molar-refractivity contribution in [3.8, 4) is 0 Å². The van der Waals surface area contributed by atoms with Crippen LogP contribution in [0.3, 0.4) is 0 Å². The van der Waals surface area contributed by atoms with E-state index in [1.807, 2.05) is 0 Å². The largest absolute Gasteiger partial charge is 0.348 e. The van der Waals surface area contributed by atoms with Gasteiger partial charge < -0.3 is 9.47 Å². The summed E-state index contributed by atoms with van der Waals surface area (Å²) in [4.78, 5) is 0. The summed E-state index contributed by atoms with van der Waals surface area (Å²) in [7, 11) is 0. The molecule has 2 saturated carbocycles. The van der Waals surface area contributed by atoms with E-state index in [2.05, 4.69) is 0 Å². The van der Waals surface area contributed by atoms with Crippen LogP contribution in [0.2, 0.25) is 0 Å². The zero-order valence-corrected chi connectivity index (χ0v) is 8.13. The molecule has 0 amide bonds. The van der Waals surface area contributed by atoms with E-state index in [0.717, 1.165) is 25.0 Å². The van der Waals surface area contributed by atoms with E-state index in [0.29, 0.717) is 0 Å². The molecule has 2 nitrogen and oxygen atoms in total. The molecule has 1 saturated heterocycles. The van der Waals surface area contributed by atoms with E-state index in [1.165, 1.54) is 38.5 Å². The van der Waals surface area contributed by atoms with Crippen LogP contribution in [0.1, 0.15) is 38.5 Å². The van der Waals surface area contributed by atoms with Gasteiger partial charge in [0.15, 0.2) is 5.79 Å². The molecule has 2 heteroatoms. The number of hydrogen-bond acceptors (Lipinski definition) is 2. The Balaban J connectivity index is 1.74. The molecule has 2 atom stereocenters. The first kappa shape index (κ1) is 8.25. The molecule has 0 aromatic carbocycles. The first-order chi connectivity index (χ1) is 6.38. The molecule has 0 radical (unpaired) electrons. The standard InChI is InChI=1S/C11H18O2/c1-2-4-10-8-11(7-9(10)3-1)12-5-6-13-11/h9-10H,1-8H2/t9-,10+. The van der Waals surface area contributed by atoms with Crippen molar-refractivity contribution in [1.82, 2.24) is 0 Å². The lowest BCUT2D eigenvalue weighted by Crippen LogP contribution is -2.26. The average molecular weight is 182 g/mol. The van der Waals surface area contributed by atoms with Crippen molar-refractivity contribution in [2.75, 3.05) is 13.2 Å². The molecule has 1 heterocycles. The second-order valence-electron chi connectivity index (χ2n) is 4.82. The van der Waals surface area contributed by atoms with Crippen molar-refractivity contribution in [2.24, 2.45) is 11.8 Å². The van der Waals surface area contributed by atoms with Crippen LogP contribution in [0.4, 0.5) is 0 Å². The van der Waals surface area contributed by atoms with Crippen LogP contribution in [0.25, 0.3) is 0 Å². The minimum absolute atomic E-state index is 0.125. The van der Waals surface area contributed by atoms with Gasteiger partial charge in [-0.1, -0.05) is 12.8 Å². The zero-order valence-electron chi connectivity index (χ0n) is 8.13. The second kappa shape index (κ2) is 2.96. The van der Waals surface area contributed by atoms with Crippen molar-refractivity contribution in [1.29, 1.82) is 0 Å². The summed E-state index contributed by atoms with van der Waals surface area (Å²) >= 11 is 0. The Morgan fingerprint density at radius 1 is 0.846 bits per heavy atom. The minimum atomic E-state index is -0.125. The van der Waals surface area contributed by atoms with Gasteiger partial charge in [0.1, 0.15) is 0 Å². The fourth-order valence-electron chi connectivity index (χ4n) is 3.44. The van der Waals surface area contributed by atoms with Crippen LogP contribution >= 0.6 is 0 Å². The Kier molecular flexibility index (Phi) is 1.88. The highest BCUT2D eigenvalue weighted by Gasteiger charge is 2.49. The molecule has 74 valence electrons. The Hall–Kier alpha value is -0.0800.